The molecule has 112 valence electrons. The number of nitrogens with two attached hydrogens (primary N) is 1. The van der Waals surface area contributed by atoms with Crippen molar-refractivity contribution >= 4 is 11.8 Å². The van der Waals surface area contributed by atoms with Crippen LogP contribution in [0.15, 0.2) is 6.33 Å². The molecule has 2 N–H and O–H groups in total. The number of hydrogen-bond acceptors (Lipinski definition) is 7. The summed E-state index contributed by atoms with van der Waals surface area (Å²) in [6.45, 7) is 7.75. The summed E-state index contributed by atoms with van der Waals surface area (Å²) in [6.07, 6.45) is 1.40. The monoisotopic (exact) mass is 290 g/mol. The zero-order valence-corrected chi connectivity index (χ0v) is 12.7. The molecule has 0 aromatic carbocycles. The van der Waals surface area contributed by atoms with Gasteiger partial charge in [0.2, 0.25) is 0 Å². The average Bonchev–Trinajstić information content (AvgIpc) is 2.89. The van der Waals surface area contributed by atoms with E-state index in [4.69, 9.17) is 5.73 Å². The molecule has 0 radical (unpaired) electrons. The van der Waals surface area contributed by atoms with Gasteiger partial charge >= 0.3 is 5.97 Å². The molecule has 8 heteroatoms. The van der Waals surface area contributed by atoms with E-state index in [0.29, 0.717) is 23.0 Å². The molecule has 2 aromatic heterocycles. The van der Waals surface area contributed by atoms with Crippen LogP contribution in [-0.2, 0) is 10.2 Å². The van der Waals surface area contributed by atoms with Crippen molar-refractivity contribution in [3.05, 3.63) is 23.5 Å². The minimum absolute atomic E-state index is 0.0357. The van der Waals surface area contributed by atoms with Gasteiger partial charge in [-0.3, -0.25) is 0 Å². The molecule has 2 aromatic rings. The van der Waals surface area contributed by atoms with E-state index in [0.717, 1.165) is 0 Å². The van der Waals surface area contributed by atoms with Crippen LogP contribution in [0.1, 0.15) is 42.8 Å². The lowest BCUT2D eigenvalue weighted by Crippen LogP contribution is -2.20. The van der Waals surface area contributed by atoms with Crippen LogP contribution in [0.2, 0.25) is 0 Å². The Bertz CT molecular complexity index is 686. The predicted molar refractivity (Wildman–Crippen MR) is 76.1 cm³/mol. The summed E-state index contributed by atoms with van der Waals surface area (Å²) in [5.74, 6) is 0.821. The van der Waals surface area contributed by atoms with Crippen molar-refractivity contribution in [2.75, 3.05) is 12.8 Å². The van der Waals surface area contributed by atoms with E-state index in [1.54, 1.807) is 6.92 Å². The second kappa shape index (κ2) is 5.12. The number of aromatic nitrogens is 5. The summed E-state index contributed by atoms with van der Waals surface area (Å²) in [5, 5.41) is 4.06. The molecule has 0 unspecified atom stereocenters. The first-order valence-electron chi connectivity index (χ1n) is 6.39. The van der Waals surface area contributed by atoms with E-state index in [1.165, 1.54) is 18.1 Å². The normalized spacial score (nSPS) is 11.5. The molecule has 0 spiro atoms. The molecule has 0 saturated carbocycles. The molecular formula is C13H18N6O2. The number of methoxy groups -OCH3 is 1. The first kappa shape index (κ1) is 14.9. The molecular weight excluding hydrogens is 272 g/mol. The number of carbonyl (C=O) groups excluding carboxylic acids is 1. The smallest absolute Gasteiger partial charge is 0.377 e. The highest BCUT2D eigenvalue weighted by Gasteiger charge is 2.22. The topological polar surface area (TPSA) is 109 Å². The van der Waals surface area contributed by atoms with Crippen molar-refractivity contribution < 1.29 is 9.53 Å². The highest BCUT2D eigenvalue weighted by Crippen LogP contribution is 2.23. The van der Waals surface area contributed by atoms with Gasteiger partial charge in [-0.2, -0.15) is 0 Å². The standard InChI is InChI=1S/C13H18N6O2/c1-7-8(14)16-12(13(2,3)4)17-10(7)19-6-15-9(18-19)11(20)21-5/h6H,1-5H3,(H2,14,16,17). The number of ether oxygens (including phenoxy) is 1. The molecule has 0 fully saturated rings. The maximum absolute atomic E-state index is 11.4. The van der Waals surface area contributed by atoms with Gasteiger partial charge in [0, 0.05) is 11.0 Å². The van der Waals surface area contributed by atoms with Crippen LogP contribution in [0, 0.1) is 6.92 Å². The highest BCUT2D eigenvalue weighted by atomic mass is 16.5. The van der Waals surface area contributed by atoms with E-state index in [-0.39, 0.29) is 11.2 Å². The minimum atomic E-state index is -0.607. The molecule has 8 nitrogen and oxygen atoms in total. The Kier molecular flexibility index (Phi) is 3.63. The van der Waals surface area contributed by atoms with E-state index < -0.39 is 5.97 Å². The second-order valence-corrected chi connectivity index (χ2v) is 5.64. The van der Waals surface area contributed by atoms with Gasteiger partial charge in [0.05, 0.1) is 7.11 Å². The number of carbonyl (C=O) groups is 1. The van der Waals surface area contributed by atoms with Gasteiger partial charge in [-0.15, -0.1) is 5.10 Å². The summed E-state index contributed by atoms with van der Waals surface area (Å²) < 4.78 is 5.98. The van der Waals surface area contributed by atoms with Crippen LogP contribution in [0.4, 0.5) is 5.82 Å². The number of rotatable bonds is 2. The summed E-state index contributed by atoms with van der Waals surface area (Å²) in [7, 11) is 1.27. The molecule has 2 heterocycles. The summed E-state index contributed by atoms with van der Waals surface area (Å²) in [6, 6.07) is 0. The van der Waals surface area contributed by atoms with Gasteiger partial charge < -0.3 is 10.5 Å². The van der Waals surface area contributed by atoms with Crippen molar-refractivity contribution in [1.29, 1.82) is 0 Å². The van der Waals surface area contributed by atoms with Crippen LogP contribution in [0.5, 0.6) is 0 Å². The predicted octanol–water partition coefficient (Wildman–Crippen LogP) is 1.03. The Morgan fingerprint density at radius 1 is 1.33 bits per heavy atom. The number of nitrogens with zero attached hydrogens (tertiary/aromatic N) is 5. The van der Waals surface area contributed by atoms with Crippen LogP contribution < -0.4 is 5.73 Å². The minimum Gasteiger partial charge on any atom is -0.463 e. The maximum Gasteiger partial charge on any atom is 0.377 e. The largest absolute Gasteiger partial charge is 0.463 e. The summed E-state index contributed by atoms with van der Waals surface area (Å²) in [5.41, 5.74) is 6.35. The molecule has 0 atom stereocenters. The zero-order valence-electron chi connectivity index (χ0n) is 12.7. The van der Waals surface area contributed by atoms with E-state index >= 15 is 0 Å². The third-order valence-electron chi connectivity index (χ3n) is 2.91. The molecule has 2 rings (SSSR count). The summed E-state index contributed by atoms with van der Waals surface area (Å²) in [4.78, 5) is 24.1. The molecule has 0 aliphatic heterocycles. The third kappa shape index (κ3) is 2.83. The van der Waals surface area contributed by atoms with Crippen LogP contribution in [0.25, 0.3) is 5.82 Å². The van der Waals surface area contributed by atoms with Gasteiger partial charge in [0.25, 0.3) is 5.82 Å². The first-order chi connectivity index (χ1) is 9.74. The van der Waals surface area contributed by atoms with Gasteiger partial charge in [0.1, 0.15) is 18.0 Å². The van der Waals surface area contributed by atoms with Crippen molar-refractivity contribution in [2.45, 2.75) is 33.1 Å². The lowest BCUT2D eigenvalue weighted by molar-refractivity contribution is 0.0587. The quantitative estimate of drug-likeness (QED) is 0.823. The Morgan fingerprint density at radius 3 is 2.57 bits per heavy atom. The van der Waals surface area contributed by atoms with Gasteiger partial charge in [-0.1, -0.05) is 20.8 Å². The molecule has 0 aliphatic rings. The maximum atomic E-state index is 11.4. The van der Waals surface area contributed by atoms with Crippen molar-refractivity contribution in [3.8, 4) is 5.82 Å². The average molecular weight is 290 g/mol. The van der Waals surface area contributed by atoms with Gasteiger partial charge in [-0.25, -0.2) is 24.4 Å². The van der Waals surface area contributed by atoms with Crippen molar-refractivity contribution in [3.63, 3.8) is 0 Å². The van der Waals surface area contributed by atoms with Crippen molar-refractivity contribution in [1.82, 2.24) is 24.7 Å². The van der Waals surface area contributed by atoms with Crippen molar-refractivity contribution in [2.24, 2.45) is 0 Å². The van der Waals surface area contributed by atoms with Crippen LogP contribution >= 0.6 is 0 Å². The second-order valence-electron chi connectivity index (χ2n) is 5.64. The Labute approximate surface area is 122 Å². The Morgan fingerprint density at radius 2 is 2.00 bits per heavy atom. The molecule has 21 heavy (non-hydrogen) atoms. The van der Waals surface area contributed by atoms with Gasteiger partial charge in [0.15, 0.2) is 5.82 Å². The molecule has 0 amide bonds. The summed E-state index contributed by atoms with van der Waals surface area (Å²) >= 11 is 0. The van der Waals surface area contributed by atoms with E-state index in [9.17, 15) is 4.79 Å². The third-order valence-corrected chi connectivity index (χ3v) is 2.91. The van der Waals surface area contributed by atoms with E-state index in [2.05, 4.69) is 24.8 Å². The van der Waals surface area contributed by atoms with Crippen LogP contribution in [0.3, 0.4) is 0 Å². The fourth-order valence-electron chi connectivity index (χ4n) is 1.63. The lowest BCUT2D eigenvalue weighted by atomic mass is 9.95. The fourth-order valence-corrected chi connectivity index (χ4v) is 1.63. The zero-order chi connectivity index (χ0) is 15.8. The number of nitrogen functional groups attached to an aromatic ring is 1. The number of hydrogen-bond donors (Lipinski definition) is 1. The Hall–Kier alpha value is -2.51. The van der Waals surface area contributed by atoms with Gasteiger partial charge in [-0.05, 0) is 6.92 Å². The van der Waals surface area contributed by atoms with E-state index in [1.807, 2.05) is 20.8 Å². The SMILES string of the molecule is COC(=O)c1ncn(-c2nc(C(C)(C)C)nc(N)c2C)n1. The highest BCUT2D eigenvalue weighted by molar-refractivity contribution is 5.84. The van der Waals surface area contributed by atoms with Crippen LogP contribution in [-0.4, -0.2) is 37.8 Å². The number of esters is 1. The molecule has 0 bridgehead atoms. The fraction of sp³-hybridized carbons (Fsp3) is 0.462. The number of anilines is 1. The molecule has 0 saturated heterocycles. The molecule has 0 aliphatic carbocycles. The Balaban J connectivity index is 2.55. The first-order valence-corrected chi connectivity index (χ1v) is 6.39. The lowest BCUT2D eigenvalue weighted by Gasteiger charge is -2.19.